The fourth-order valence-electron chi connectivity index (χ4n) is 2.26. The Morgan fingerprint density at radius 3 is 2.94 bits per heavy atom. The van der Waals surface area contributed by atoms with E-state index in [1.165, 1.54) is 6.07 Å². The van der Waals surface area contributed by atoms with E-state index in [-0.39, 0.29) is 11.9 Å². The molecule has 0 aliphatic carbocycles. The summed E-state index contributed by atoms with van der Waals surface area (Å²) in [5.74, 6) is 0.292. The summed E-state index contributed by atoms with van der Waals surface area (Å²) >= 11 is 0. The molecule has 1 heterocycles. The Kier molecular flexibility index (Phi) is 3.73. The van der Waals surface area contributed by atoms with Gasteiger partial charge < -0.3 is 20.5 Å². The quantitative estimate of drug-likeness (QED) is 0.859. The molecule has 100 valence electrons. The summed E-state index contributed by atoms with van der Waals surface area (Å²) in [6.45, 7) is 2.98. The van der Waals surface area contributed by atoms with Gasteiger partial charge in [0, 0.05) is 19.2 Å². The predicted octanol–water partition coefficient (Wildman–Crippen LogP) is 1.75. The highest BCUT2D eigenvalue weighted by Gasteiger charge is 2.40. The van der Waals surface area contributed by atoms with E-state index in [4.69, 9.17) is 15.2 Å². The van der Waals surface area contributed by atoms with E-state index in [1.807, 2.05) is 6.92 Å². The average Bonchev–Trinajstić information content (AvgIpc) is 2.74. The molecular weight excluding hydrogens is 235 g/mol. The predicted molar refractivity (Wildman–Crippen MR) is 68.4 cm³/mol. The maximum Gasteiger partial charge on any atom is 0.146 e. The molecule has 1 aromatic rings. The summed E-state index contributed by atoms with van der Waals surface area (Å²) in [4.78, 5) is 0. The maximum absolute atomic E-state index is 13.8. The average molecular weight is 254 g/mol. The van der Waals surface area contributed by atoms with Crippen LogP contribution in [0.15, 0.2) is 18.2 Å². The second kappa shape index (κ2) is 5.12. The summed E-state index contributed by atoms with van der Waals surface area (Å²) in [5, 5.41) is 3.19. The number of anilines is 1. The van der Waals surface area contributed by atoms with E-state index in [1.54, 1.807) is 19.2 Å². The van der Waals surface area contributed by atoms with Crippen molar-refractivity contribution in [1.82, 2.24) is 0 Å². The van der Waals surface area contributed by atoms with Crippen molar-refractivity contribution >= 4 is 5.69 Å². The topological polar surface area (TPSA) is 56.5 Å². The SMILES string of the molecule is COc1ccc(F)c(NC2(CN)CCOC2C)c1. The van der Waals surface area contributed by atoms with Crippen molar-refractivity contribution < 1.29 is 13.9 Å². The highest BCUT2D eigenvalue weighted by molar-refractivity contribution is 5.52. The molecule has 0 bridgehead atoms. The molecule has 0 saturated carbocycles. The fourth-order valence-corrected chi connectivity index (χ4v) is 2.26. The van der Waals surface area contributed by atoms with E-state index < -0.39 is 5.54 Å². The Balaban J connectivity index is 2.27. The largest absolute Gasteiger partial charge is 0.497 e. The van der Waals surface area contributed by atoms with Crippen LogP contribution in [0.2, 0.25) is 0 Å². The first-order chi connectivity index (χ1) is 8.61. The molecular formula is C13H19FN2O2. The Bertz CT molecular complexity index is 427. The molecule has 1 aliphatic rings. The number of rotatable bonds is 4. The lowest BCUT2D eigenvalue weighted by molar-refractivity contribution is 0.103. The van der Waals surface area contributed by atoms with E-state index in [9.17, 15) is 4.39 Å². The minimum absolute atomic E-state index is 0.0481. The second-order valence-electron chi connectivity index (χ2n) is 4.59. The van der Waals surface area contributed by atoms with E-state index in [2.05, 4.69) is 5.32 Å². The molecule has 0 radical (unpaired) electrons. The summed E-state index contributed by atoms with van der Waals surface area (Å²) in [5.41, 5.74) is 5.82. The number of nitrogens with one attached hydrogen (secondary N) is 1. The highest BCUT2D eigenvalue weighted by Crippen LogP contribution is 2.31. The monoisotopic (exact) mass is 254 g/mol. The first-order valence-electron chi connectivity index (χ1n) is 6.05. The lowest BCUT2D eigenvalue weighted by Crippen LogP contribution is -2.51. The molecule has 1 aromatic carbocycles. The Labute approximate surface area is 106 Å². The van der Waals surface area contributed by atoms with Crippen molar-refractivity contribution in [3.63, 3.8) is 0 Å². The van der Waals surface area contributed by atoms with Gasteiger partial charge in [-0.05, 0) is 25.5 Å². The first kappa shape index (κ1) is 13.1. The third-order valence-corrected chi connectivity index (χ3v) is 3.62. The van der Waals surface area contributed by atoms with Crippen molar-refractivity contribution in [3.05, 3.63) is 24.0 Å². The highest BCUT2D eigenvalue weighted by atomic mass is 19.1. The van der Waals surface area contributed by atoms with Crippen LogP contribution in [0, 0.1) is 5.82 Å². The molecule has 0 aromatic heterocycles. The number of halogens is 1. The first-order valence-corrected chi connectivity index (χ1v) is 6.05. The van der Waals surface area contributed by atoms with Crippen molar-refractivity contribution in [1.29, 1.82) is 0 Å². The fraction of sp³-hybridized carbons (Fsp3) is 0.538. The molecule has 2 unspecified atom stereocenters. The van der Waals surface area contributed by atoms with Gasteiger partial charge in [0.15, 0.2) is 0 Å². The van der Waals surface area contributed by atoms with Gasteiger partial charge in [0.05, 0.1) is 24.4 Å². The standard InChI is InChI=1S/C13H19FN2O2/c1-9-13(8-15,5-6-18-9)16-12-7-10(17-2)3-4-11(12)14/h3-4,7,9,16H,5-6,8,15H2,1-2H3. The lowest BCUT2D eigenvalue weighted by Gasteiger charge is -2.33. The van der Waals surface area contributed by atoms with E-state index in [0.717, 1.165) is 6.42 Å². The van der Waals surface area contributed by atoms with Crippen LogP contribution in [0.25, 0.3) is 0 Å². The molecule has 5 heteroatoms. The summed E-state index contributed by atoms with van der Waals surface area (Å²) in [7, 11) is 1.55. The van der Waals surface area contributed by atoms with Gasteiger partial charge in [0.25, 0.3) is 0 Å². The van der Waals surface area contributed by atoms with Crippen LogP contribution in [-0.2, 0) is 4.74 Å². The van der Waals surface area contributed by atoms with Gasteiger partial charge in [-0.1, -0.05) is 0 Å². The van der Waals surface area contributed by atoms with Crippen molar-refractivity contribution in [2.45, 2.75) is 25.0 Å². The number of ether oxygens (including phenoxy) is 2. The molecule has 1 fully saturated rings. The molecule has 0 amide bonds. The van der Waals surface area contributed by atoms with Crippen molar-refractivity contribution in [3.8, 4) is 5.75 Å². The van der Waals surface area contributed by atoms with Gasteiger partial charge in [0.2, 0.25) is 0 Å². The number of hydrogen-bond acceptors (Lipinski definition) is 4. The van der Waals surface area contributed by atoms with Crippen LogP contribution in [0.1, 0.15) is 13.3 Å². The van der Waals surface area contributed by atoms with E-state index >= 15 is 0 Å². The van der Waals surface area contributed by atoms with Crippen LogP contribution in [-0.4, -0.2) is 31.9 Å². The van der Waals surface area contributed by atoms with Crippen LogP contribution in [0.4, 0.5) is 10.1 Å². The van der Waals surface area contributed by atoms with Crippen LogP contribution < -0.4 is 15.8 Å². The molecule has 3 N–H and O–H groups in total. The van der Waals surface area contributed by atoms with Gasteiger partial charge in [0.1, 0.15) is 11.6 Å². The Morgan fingerprint density at radius 1 is 1.61 bits per heavy atom. The zero-order valence-corrected chi connectivity index (χ0v) is 10.7. The smallest absolute Gasteiger partial charge is 0.146 e. The van der Waals surface area contributed by atoms with Crippen LogP contribution >= 0.6 is 0 Å². The van der Waals surface area contributed by atoms with Gasteiger partial charge in [-0.15, -0.1) is 0 Å². The van der Waals surface area contributed by atoms with Gasteiger partial charge >= 0.3 is 0 Å². The van der Waals surface area contributed by atoms with Gasteiger partial charge in [-0.3, -0.25) is 0 Å². The van der Waals surface area contributed by atoms with Crippen LogP contribution in [0.5, 0.6) is 5.75 Å². The molecule has 1 saturated heterocycles. The third-order valence-electron chi connectivity index (χ3n) is 3.62. The van der Waals surface area contributed by atoms with Crippen LogP contribution in [0.3, 0.4) is 0 Å². The molecule has 2 atom stereocenters. The van der Waals surface area contributed by atoms with Crippen molar-refractivity contribution in [2.24, 2.45) is 5.73 Å². The number of methoxy groups -OCH3 is 1. The van der Waals surface area contributed by atoms with Gasteiger partial charge in [-0.2, -0.15) is 0 Å². The normalized spacial score (nSPS) is 27.2. The minimum Gasteiger partial charge on any atom is -0.497 e. The molecule has 0 spiro atoms. The molecule has 4 nitrogen and oxygen atoms in total. The lowest BCUT2D eigenvalue weighted by atomic mass is 9.91. The zero-order chi connectivity index (χ0) is 13.2. The minimum atomic E-state index is -0.410. The number of nitrogens with two attached hydrogens (primary N) is 1. The summed E-state index contributed by atoms with van der Waals surface area (Å²) in [6.07, 6.45) is 0.717. The zero-order valence-electron chi connectivity index (χ0n) is 10.7. The van der Waals surface area contributed by atoms with Crippen molar-refractivity contribution in [2.75, 3.05) is 25.6 Å². The van der Waals surface area contributed by atoms with Gasteiger partial charge in [-0.25, -0.2) is 4.39 Å². The number of hydrogen-bond donors (Lipinski definition) is 2. The Hall–Kier alpha value is -1.33. The third kappa shape index (κ3) is 2.28. The molecule has 1 aliphatic heterocycles. The maximum atomic E-state index is 13.8. The summed E-state index contributed by atoms with van der Waals surface area (Å²) < 4.78 is 24.4. The van der Waals surface area contributed by atoms with E-state index in [0.29, 0.717) is 24.6 Å². The summed E-state index contributed by atoms with van der Waals surface area (Å²) in [6, 6.07) is 4.61. The molecule has 2 rings (SSSR count). The second-order valence-corrected chi connectivity index (χ2v) is 4.59. The molecule has 18 heavy (non-hydrogen) atoms. The Morgan fingerprint density at radius 2 is 2.39 bits per heavy atom. The number of benzene rings is 1.